The number of ether oxygens (including phenoxy) is 2. The molecule has 0 saturated carbocycles. The highest BCUT2D eigenvalue weighted by atomic mass is 32.2. The molecule has 0 aromatic heterocycles. The minimum absolute atomic E-state index is 0.116. The lowest BCUT2D eigenvalue weighted by Gasteiger charge is -2.12. The molecule has 162 valence electrons. The topological polar surface area (TPSA) is 123 Å². The minimum atomic E-state index is -3.71. The van der Waals surface area contributed by atoms with Crippen LogP contribution in [0.1, 0.15) is 29.3 Å². The Balaban J connectivity index is 1.83. The average molecular weight is 436 g/mol. The summed E-state index contributed by atoms with van der Waals surface area (Å²) in [4.78, 5) is 24.2. The van der Waals surface area contributed by atoms with Gasteiger partial charge in [0.15, 0.2) is 11.5 Å². The van der Waals surface area contributed by atoms with Crippen molar-refractivity contribution in [3.05, 3.63) is 53.6 Å². The number of carbonyl (C=O) groups is 2. The molecule has 0 fully saturated rings. The lowest BCUT2D eigenvalue weighted by atomic mass is 10.2. The smallest absolute Gasteiger partial charge is 0.269 e. The van der Waals surface area contributed by atoms with Crippen LogP contribution in [-0.2, 0) is 14.8 Å². The molecule has 2 amide bonds. The van der Waals surface area contributed by atoms with Gasteiger partial charge in [-0.25, -0.2) is 13.1 Å². The summed E-state index contributed by atoms with van der Waals surface area (Å²) in [6.45, 7) is 4.02. The first-order valence-corrected chi connectivity index (χ1v) is 10.7. The number of carbonyl (C=O) groups excluding carboxylic acids is 2. The zero-order chi connectivity index (χ0) is 22.1. The lowest BCUT2D eigenvalue weighted by molar-refractivity contribution is -0.121. The maximum absolute atomic E-state index is 12.2. The van der Waals surface area contributed by atoms with Gasteiger partial charge in [-0.15, -0.1) is 0 Å². The fourth-order valence-electron chi connectivity index (χ4n) is 2.44. The van der Waals surface area contributed by atoms with Gasteiger partial charge >= 0.3 is 0 Å². The number of hydrogen-bond donors (Lipinski definition) is 3. The molecular weight excluding hydrogens is 410 g/mol. The van der Waals surface area contributed by atoms with Gasteiger partial charge in [0.05, 0.1) is 18.6 Å². The Bertz CT molecular complexity index is 990. The summed E-state index contributed by atoms with van der Waals surface area (Å²) in [5.74, 6) is -0.208. The molecule has 0 spiro atoms. The fraction of sp³-hybridized carbons (Fsp3) is 0.300. The van der Waals surface area contributed by atoms with Crippen LogP contribution in [0.25, 0.3) is 0 Å². The largest absolute Gasteiger partial charge is 0.493 e. The van der Waals surface area contributed by atoms with Gasteiger partial charge in [-0.05, 0) is 44.2 Å². The Morgan fingerprint density at radius 2 is 1.70 bits per heavy atom. The SMILES string of the molecule is CCOc1ccc(C(=O)NNC(=O)CCNS(=O)(=O)c2ccc(C)cc2)cc1OC. The highest BCUT2D eigenvalue weighted by Crippen LogP contribution is 2.27. The van der Waals surface area contributed by atoms with Gasteiger partial charge in [-0.3, -0.25) is 20.4 Å². The molecule has 0 aliphatic rings. The molecule has 0 heterocycles. The summed E-state index contributed by atoms with van der Waals surface area (Å²) in [5.41, 5.74) is 5.72. The van der Waals surface area contributed by atoms with Crippen LogP contribution >= 0.6 is 0 Å². The fourth-order valence-corrected chi connectivity index (χ4v) is 3.48. The van der Waals surface area contributed by atoms with Crippen LogP contribution in [0.2, 0.25) is 0 Å². The molecule has 0 unspecified atom stereocenters. The van der Waals surface area contributed by atoms with E-state index in [2.05, 4.69) is 15.6 Å². The average Bonchev–Trinajstić information content (AvgIpc) is 2.72. The van der Waals surface area contributed by atoms with E-state index in [0.717, 1.165) is 5.56 Å². The predicted octanol–water partition coefficient (Wildman–Crippen LogP) is 1.53. The standard InChI is InChI=1S/C20H25N3O6S/c1-4-29-17-10-7-15(13-18(17)28-3)20(25)23-22-19(24)11-12-21-30(26,27)16-8-5-14(2)6-9-16/h5-10,13,21H,4,11-12H2,1-3H3,(H,22,24)(H,23,25). The predicted molar refractivity (Wildman–Crippen MR) is 111 cm³/mol. The van der Waals surface area contributed by atoms with E-state index in [1.54, 1.807) is 18.2 Å². The Morgan fingerprint density at radius 1 is 1.00 bits per heavy atom. The highest BCUT2D eigenvalue weighted by molar-refractivity contribution is 7.89. The quantitative estimate of drug-likeness (QED) is 0.514. The second-order valence-corrected chi connectivity index (χ2v) is 8.03. The van der Waals surface area contributed by atoms with Gasteiger partial charge in [0.25, 0.3) is 5.91 Å². The zero-order valence-electron chi connectivity index (χ0n) is 17.0. The number of sulfonamides is 1. The van der Waals surface area contributed by atoms with Crippen molar-refractivity contribution in [2.24, 2.45) is 0 Å². The van der Waals surface area contributed by atoms with Gasteiger partial charge in [-0.1, -0.05) is 17.7 Å². The highest BCUT2D eigenvalue weighted by Gasteiger charge is 2.15. The van der Waals surface area contributed by atoms with Crippen molar-refractivity contribution in [1.82, 2.24) is 15.6 Å². The Hall–Kier alpha value is -3.11. The van der Waals surface area contributed by atoms with Gasteiger partial charge in [-0.2, -0.15) is 0 Å². The lowest BCUT2D eigenvalue weighted by Crippen LogP contribution is -2.42. The summed E-state index contributed by atoms with van der Waals surface area (Å²) in [6.07, 6.45) is -0.155. The number of methoxy groups -OCH3 is 1. The first-order chi connectivity index (χ1) is 14.3. The molecule has 2 aromatic rings. The number of nitrogens with one attached hydrogen (secondary N) is 3. The molecule has 10 heteroatoms. The normalized spacial score (nSPS) is 10.9. The first kappa shape index (κ1) is 23.2. The van der Waals surface area contributed by atoms with Crippen LogP contribution in [0.4, 0.5) is 0 Å². The van der Waals surface area contributed by atoms with Crippen LogP contribution in [0.15, 0.2) is 47.4 Å². The number of aryl methyl sites for hydroxylation is 1. The maximum atomic E-state index is 12.2. The molecule has 0 radical (unpaired) electrons. The van der Waals surface area contributed by atoms with Crippen molar-refractivity contribution in [2.75, 3.05) is 20.3 Å². The number of rotatable bonds is 9. The molecule has 9 nitrogen and oxygen atoms in total. The van der Waals surface area contributed by atoms with Crippen LogP contribution in [-0.4, -0.2) is 40.5 Å². The summed E-state index contributed by atoms with van der Waals surface area (Å²) in [7, 11) is -2.25. The second kappa shape index (κ2) is 10.6. The molecule has 2 aromatic carbocycles. The van der Waals surface area contributed by atoms with E-state index in [4.69, 9.17) is 9.47 Å². The zero-order valence-corrected chi connectivity index (χ0v) is 17.8. The third kappa shape index (κ3) is 6.46. The molecular formula is C20H25N3O6S. The van der Waals surface area contributed by atoms with Crippen LogP contribution < -0.4 is 25.0 Å². The van der Waals surface area contributed by atoms with E-state index in [9.17, 15) is 18.0 Å². The Morgan fingerprint density at radius 3 is 2.33 bits per heavy atom. The molecule has 0 bridgehead atoms. The molecule has 3 N–H and O–H groups in total. The summed E-state index contributed by atoms with van der Waals surface area (Å²) in [6, 6.07) is 11.0. The van der Waals surface area contributed by atoms with Crippen molar-refractivity contribution < 1.29 is 27.5 Å². The molecule has 30 heavy (non-hydrogen) atoms. The van der Waals surface area contributed by atoms with Gasteiger partial charge in [0.1, 0.15) is 0 Å². The molecule has 0 saturated heterocycles. The van der Waals surface area contributed by atoms with Gasteiger partial charge in [0.2, 0.25) is 15.9 Å². The van der Waals surface area contributed by atoms with Gasteiger partial charge < -0.3 is 9.47 Å². The van der Waals surface area contributed by atoms with E-state index in [0.29, 0.717) is 18.1 Å². The van der Waals surface area contributed by atoms with E-state index >= 15 is 0 Å². The van der Waals surface area contributed by atoms with E-state index < -0.39 is 21.8 Å². The van der Waals surface area contributed by atoms with E-state index in [1.165, 1.54) is 31.4 Å². The number of amides is 2. The minimum Gasteiger partial charge on any atom is -0.493 e. The summed E-state index contributed by atoms with van der Waals surface area (Å²) >= 11 is 0. The van der Waals surface area contributed by atoms with Crippen molar-refractivity contribution >= 4 is 21.8 Å². The van der Waals surface area contributed by atoms with Crippen molar-refractivity contribution in [3.63, 3.8) is 0 Å². The third-order valence-electron chi connectivity index (χ3n) is 4.02. The van der Waals surface area contributed by atoms with E-state index in [1.807, 2.05) is 13.8 Å². The van der Waals surface area contributed by atoms with Gasteiger partial charge in [0, 0.05) is 18.5 Å². The molecule has 0 aliphatic carbocycles. The third-order valence-corrected chi connectivity index (χ3v) is 5.49. The first-order valence-electron chi connectivity index (χ1n) is 9.23. The number of hydrogen-bond acceptors (Lipinski definition) is 6. The molecule has 0 aliphatic heterocycles. The second-order valence-electron chi connectivity index (χ2n) is 6.26. The molecule has 2 rings (SSSR count). The van der Waals surface area contributed by atoms with Crippen LogP contribution in [0.5, 0.6) is 11.5 Å². The number of benzene rings is 2. The Kier molecular flexibility index (Phi) is 8.19. The molecule has 0 atom stereocenters. The monoisotopic (exact) mass is 435 g/mol. The van der Waals surface area contributed by atoms with Crippen LogP contribution in [0.3, 0.4) is 0 Å². The Labute approximate surface area is 175 Å². The van der Waals surface area contributed by atoms with Crippen LogP contribution in [0, 0.1) is 6.92 Å². The maximum Gasteiger partial charge on any atom is 0.269 e. The van der Waals surface area contributed by atoms with E-state index in [-0.39, 0.29) is 23.4 Å². The summed E-state index contributed by atoms with van der Waals surface area (Å²) in [5, 5.41) is 0. The summed E-state index contributed by atoms with van der Waals surface area (Å²) < 4.78 is 37.3. The van der Waals surface area contributed by atoms with Crippen molar-refractivity contribution in [2.45, 2.75) is 25.2 Å². The van der Waals surface area contributed by atoms with Crippen molar-refractivity contribution in [1.29, 1.82) is 0 Å². The van der Waals surface area contributed by atoms with Crippen molar-refractivity contribution in [3.8, 4) is 11.5 Å². The number of hydrazine groups is 1.